The number of carbonyl (C=O) groups excluding carboxylic acids is 1. The molecule has 0 aliphatic carbocycles. The quantitative estimate of drug-likeness (QED) is 0.384. The Kier molecular flexibility index (Phi) is 5.67. The van der Waals surface area contributed by atoms with Crippen LogP contribution in [0.2, 0.25) is 0 Å². The molecule has 3 aromatic rings. The number of piperidine rings is 1. The SMILES string of the molecule is [C-]#[N+]c1c(N2CCC3(CC2)CN(C(=O)C=C)C3)cc(N2CCCC2)c(F)c1-c1c(C)ccc2[nH]ncc12. The highest BCUT2D eigenvalue weighted by Gasteiger charge is 2.46. The van der Waals surface area contributed by atoms with Crippen molar-refractivity contribution in [1.29, 1.82) is 0 Å². The molecule has 0 unspecified atom stereocenters. The third-order valence-electron chi connectivity index (χ3n) is 8.54. The van der Waals surface area contributed by atoms with Gasteiger partial charge in [0.1, 0.15) is 5.82 Å². The first-order valence-electron chi connectivity index (χ1n) is 13.0. The number of aromatic nitrogens is 2. The Morgan fingerprint density at radius 1 is 1.14 bits per heavy atom. The zero-order chi connectivity index (χ0) is 25.7. The number of benzene rings is 2. The van der Waals surface area contributed by atoms with E-state index < -0.39 is 0 Å². The number of halogens is 1. The molecule has 3 aliphatic heterocycles. The Morgan fingerprint density at radius 3 is 2.51 bits per heavy atom. The van der Waals surface area contributed by atoms with Crippen molar-refractivity contribution in [3.63, 3.8) is 0 Å². The predicted octanol–water partition coefficient (Wildman–Crippen LogP) is 5.44. The molecule has 1 spiro atoms. The molecule has 7 nitrogen and oxygen atoms in total. The number of nitrogens with zero attached hydrogens (tertiary/aromatic N) is 5. The fourth-order valence-corrected chi connectivity index (χ4v) is 6.44. The molecule has 0 radical (unpaired) electrons. The fourth-order valence-electron chi connectivity index (χ4n) is 6.44. The van der Waals surface area contributed by atoms with Gasteiger partial charge in [-0.25, -0.2) is 9.24 Å². The van der Waals surface area contributed by atoms with Crippen LogP contribution in [-0.2, 0) is 4.79 Å². The van der Waals surface area contributed by atoms with E-state index in [2.05, 4.69) is 31.4 Å². The second-order valence-corrected chi connectivity index (χ2v) is 10.7. The molecule has 4 heterocycles. The third-order valence-corrected chi connectivity index (χ3v) is 8.54. The van der Waals surface area contributed by atoms with Crippen LogP contribution in [0.4, 0.5) is 21.5 Å². The maximum atomic E-state index is 16.5. The fraction of sp³-hybridized carbons (Fsp3) is 0.414. The number of nitrogens with one attached hydrogen (secondary N) is 1. The van der Waals surface area contributed by atoms with Gasteiger partial charge < -0.3 is 14.7 Å². The van der Waals surface area contributed by atoms with Crippen LogP contribution in [0.25, 0.3) is 26.9 Å². The van der Waals surface area contributed by atoms with E-state index in [1.807, 2.05) is 30.0 Å². The Labute approximate surface area is 216 Å². The lowest BCUT2D eigenvalue weighted by molar-refractivity contribution is -0.139. The largest absolute Gasteiger partial charge is 0.380 e. The summed E-state index contributed by atoms with van der Waals surface area (Å²) in [7, 11) is 0. The average molecular weight is 499 g/mol. The number of rotatable bonds is 4. The van der Waals surface area contributed by atoms with Gasteiger partial charge in [0.2, 0.25) is 11.6 Å². The van der Waals surface area contributed by atoms with Crippen LogP contribution in [0.15, 0.2) is 37.1 Å². The van der Waals surface area contributed by atoms with E-state index in [1.54, 1.807) is 6.20 Å². The minimum Gasteiger partial charge on any atom is -0.380 e. The number of aromatic amines is 1. The van der Waals surface area contributed by atoms with Crippen molar-refractivity contribution in [1.82, 2.24) is 15.1 Å². The summed E-state index contributed by atoms with van der Waals surface area (Å²) in [6, 6.07) is 5.82. The minimum atomic E-state index is -0.320. The average Bonchev–Trinajstić information content (AvgIpc) is 3.60. The molecule has 1 N–H and O–H groups in total. The van der Waals surface area contributed by atoms with Crippen molar-refractivity contribution in [2.24, 2.45) is 5.41 Å². The second kappa shape index (κ2) is 8.91. The van der Waals surface area contributed by atoms with E-state index >= 15 is 4.39 Å². The molecule has 0 bridgehead atoms. The number of aryl methyl sites for hydroxylation is 1. The van der Waals surface area contributed by atoms with Gasteiger partial charge in [-0.15, -0.1) is 0 Å². The third kappa shape index (κ3) is 3.76. The van der Waals surface area contributed by atoms with E-state index in [0.717, 1.165) is 92.7 Å². The topological polar surface area (TPSA) is 59.8 Å². The molecule has 3 fully saturated rings. The smallest absolute Gasteiger partial charge is 0.245 e. The molecule has 1 aromatic heterocycles. The molecule has 3 saturated heterocycles. The molecule has 0 saturated carbocycles. The van der Waals surface area contributed by atoms with Crippen LogP contribution in [-0.4, -0.2) is 60.3 Å². The molecule has 8 heteroatoms. The van der Waals surface area contributed by atoms with Crippen molar-refractivity contribution in [3.8, 4) is 11.1 Å². The minimum absolute atomic E-state index is 0.00873. The number of amides is 1. The van der Waals surface area contributed by atoms with Crippen LogP contribution in [0, 0.1) is 24.7 Å². The number of hydrogen-bond donors (Lipinski definition) is 1. The van der Waals surface area contributed by atoms with Crippen molar-refractivity contribution in [2.75, 3.05) is 49.1 Å². The van der Waals surface area contributed by atoms with E-state index in [1.165, 1.54) is 6.08 Å². The molecule has 37 heavy (non-hydrogen) atoms. The molecule has 2 aromatic carbocycles. The first-order chi connectivity index (χ1) is 17.9. The molecular weight excluding hydrogens is 467 g/mol. The molecule has 1 amide bonds. The summed E-state index contributed by atoms with van der Waals surface area (Å²) in [6.07, 6.45) is 7.06. The van der Waals surface area contributed by atoms with Gasteiger partial charge in [-0.1, -0.05) is 12.6 Å². The molecular formula is C29H31FN6O. The van der Waals surface area contributed by atoms with Crippen molar-refractivity contribution in [3.05, 3.63) is 59.8 Å². The molecule has 3 aliphatic rings. The van der Waals surface area contributed by atoms with Gasteiger partial charge in [-0.05, 0) is 61.9 Å². The van der Waals surface area contributed by atoms with Crippen molar-refractivity contribution in [2.45, 2.75) is 32.6 Å². The van der Waals surface area contributed by atoms with E-state index in [-0.39, 0.29) is 17.1 Å². The number of H-pyrrole nitrogens is 1. The van der Waals surface area contributed by atoms with E-state index in [4.69, 9.17) is 6.57 Å². The molecule has 6 rings (SSSR count). The lowest BCUT2D eigenvalue weighted by atomic mass is 9.72. The zero-order valence-electron chi connectivity index (χ0n) is 21.2. The second-order valence-electron chi connectivity index (χ2n) is 10.7. The van der Waals surface area contributed by atoms with E-state index in [0.29, 0.717) is 16.9 Å². The number of hydrogen-bond acceptors (Lipinski definition) is 4. The summed E-state index contributed by atoms with van der Waals surface area (Å²) < 4.78 is 16.5. The summed E-state index contributed by atoms with van der Waals surface area (Å²) in [4.78, 5) is 22.2. The summed E-state index contributed by atoms with van der Waals surface area (Å²) in [6.45, 7) is 18.5. The highest BCUT2D eigenvalue weighted by atomic mass is 19.1. The first kappa shape index (κ1) is 23.5. The molecule has 0 atom stereocenters. The van der Waals surface area contributed by atoms with Gasteiger partial charge in [0.15, 0.2) is 0 Å². The van der Waals surface area contributed by atoms with Gasteiger partial charge in [-0.3, -0.25) is 9.89 Å². The van der Waals surface area contributed by atoms with Crippen LogP contribution in [0.5, 0.6) is 0 Å². The van der Waals surface area contributed by atoms with Gasteiger partial charge >= 0.3 is 0 Å². The number of likely N-dealkylation sites (tertiary alicyclic amines) is 1. The first-order valence-corrected chi connectivity index (χ1v) is 13.0. The van der Waals surface area contributed by atoms with Crippen LogP contribution < -0.4 is 9.80 Å². The summed E-state index contributed by atoms with van der Waals surface area (Å²) in [5.41, 5.74) is 4.75. The Bertz CT molecular complexity index is 1430. The number of fused-ring (bicyclic) bond motifs is 1. The zero-order valence-corrected chi connectivity index (χ0v) is 21.2. The van der Waals surface area contributed by atoms with Crippen molar-refractivity contribution >= 4 is 33.9 Å². The maximum Gasteiger partial charge on any atom is 0.245 e. The standard InChI is InChI=1S/C29H31FN6O/c1-4-24(37)36-17-29(18-36)9-13-35(14-10-29)23-15-22(34-11-5-6-12-34)27(30)26(28(23)31-3)25-19(2)7-8-21-20(25)16-32-33-21/h4,7-8,15-16H,1,5-6,9-14,17-18H2,2H3,(H,32,33). The van der Waals surface area contributed by atoms with E-state index in [9.17, 15) is 4.79 Å². The Morgan fingerprint density at radius 2 is 1.84 bits per heavy atom. The number of anilines is 2. The Balaban J connectivity index is 1.43. The summed E-state index contributed by atoms with van der Waals surface area (Å²) in [5.74, 6) is -0.329. The van der Waals surface area contributed by atoms with Gasteiger partial charge in [0.05, 0.1) is 24.0 Å². The predicted molar refractivity (Wildman–Crippen MR) is 145 cm³/mol. The van der Waals surface area contributed by atoms with Gasteiger partial charge in [0.25, 0.3) is 0 Å². The highest BCUT2D eigenvalue weighted by molar-refractivity contribution is 6.03. The van der Waals surface area contributed by atoms with Crippen molar-refractivity contribution < 1.29 is 9.18 Å². The number of carbonyl (C=O) groups is 1. The monoisotopic (exact) mass is 498 g/mol. The lowest BCUT2D eigenvalue weighted by Gasteiger charge is -2.54. The van der Waals surface area contributed by atoms with Crippen LogP contribution in [0.3, 0.4) is 0 Å². The lowest BCUT2D eigenvalue weighted by Crippen LogP contribution is -2.61. The van der Waals surface area contributed by atoms with Crippen LogP contribution in [0.1, 0.15) is 31.2 Å². The molecule has 190 valence electrons. The maximum absolute atomic E-state index is 16.5. The van der Waals surface area contributed by atoms with Gasteiger partial charge in [-0.2, -0.15) is 5.10 Å². The van der Waals surface area contributed by atoms with Crippen LogP contribution >= 0.6 is 0 Å². The highest BCUT2D eigenvalue weighted by Crippen LogP contribution is 2.50. The Hall–Kier alpha value is -3.86. The summed E-state index contributed by atoms with van der Waals surface area (Å²) >= 11 is 0. The normalized spacial score (nSPS) is 18.8. The summed E-state index contributed by atoms with van der Waals surface area (Å²) in [5, 5.41) is 8.02. The van der Waals surface area contributed by atoms with Gasteiger partial charge in [0, 0.05) is 61.3 Å².